The van der Waals surface area contributed by atoms with Gasteiger partial charge in [0.1, 0.15) is 30.1 Å². The Kier molecular flexibility index (Phi) is 5.57. The molecule has 2 aliphatic heterocycles. The Morgan fingerprint density at radius 2 is 2.07 bits per heavy atom. The van der Waals surface area contributed by atoms with E-state index in [0.29, 0.717) is 11.3 Å². The molecule has 27 heavy (non-hydrogen) atoms. The average molecular weight is 395 g/mol. The monoisotopic (exact) mass is 395 g/mol. The number of amides is 1. The van der Waals surface area contributed by atoms with Gasteiger partial charge in [0, 0.05) is 19.3 Å². The van der Waals surface area contributed by atoms with Crippen LogP contribution < -0.4 is 10.1 Å². The second kappa shape index (κ2) is 7.89. The van der Waals surface area contributed by atoms with Crippen molar-refractivity contribution in [2.24, 2.45) is 4.40 Å². The minimum absolute atomic E-state index is 0.0411. The van der Waals surface area contributed by atoms with E-state index >= 15 is 0 Å². The first-order valence-electron chi connectivity index (χ1n) is 8.16. The summed E-state index contributed by atoms with van der Waals surface area (Å²) in [6, 6.07) is 5.37. The van der Waals surface area contributed by atoms with Crippen molar-refractivity contribution in [3.8, 4) is 5.75 Å². The molecular weight excluding hydrogens is 377 g/mol. The number of aliphatic hydroxyl groups is 1. The molecule has 1 aromatic carbocycles. The van der Waals surface area contributed by atoms with Gasteiger partial charge in [-0.2, -0.15) is 0 Å². The van der Waals surface area contributed by atoms with Crippen LogP contribution in [0.1, 0.15) is 0 Å². The summed E-state index contributed by atoms with van der Waals surface area (Å²) in [5.41, 5.74) is 0.319. The molecule has 10 heteroatoms. The molecule has 1 atom stereocenters. The van der Waals surface area contributed by atoms with E-state index < -0.39 is 22.0 Å². The molecule has 8 nitrogen and oxygen atoms in total. The van der Waals surface area contributed by atoms with Crippen LogP contribution in [0.25, 0.3) is 0 Å². The summed E-state index contributed by atoms with van der Waals surface area (Å²) in [5.74, 6) is -0.241. The zero-order valence-electron chi connectivity index (χ0n) is 14.2. The fourth-order valence-electron chi connectivity index (χ4n) is 2.43. The molecule has 1 amide bonds. The lowest BCUT2D eigenvalue weighted by Crippen LogP contribution is -2.39. The summed E-state index contributed by atoms with van der Waals surface area (Å²) in [5, 5.41) is 12.5. The highest BCUT2D eigenvalue weighted by Gasteiger charge is 2.25. The minimum atomic E-state index is -3.45. The van der Waals surface area contributed by atoms with E-state index in [1.54, 1.807) is 4.90 Å². The summed E-state index contributed by atoms with van der Waals surface area (Å²) in [6.07, 6.45) is 3.49. The fourth-order valence-corrected chi connectivity index (χ4v) is 3.40. The molecule has 2 N–H and O–H groups in total. The number of nitrogens with zero attached hydrogens (tertiary/aromatic N) is 2. The van der Waals surface area contributed by atoms with Gasteiger partial charge in [0.2, 0.25) is 0 Å². The third-order valence-electron chi connectivity index (χ3n) is 3.84. The van der Waals surface area contributed by atoms with E-state index in [1.165, 1.54) is 42.6 Å². The van der Waals surface area contributed by atoms with Crippen LogP contribution in [-0.4, -0.2) is 61.7 Å². The van der Waals surface area contributed by atoms with Crippen molar-refractivity contribution in [3.05, 3.63) is 54.0 Å². The van der Waals surface area contributed by atoms with Gasteiger partial charge in [-0.3, -0.25) is 4.79 Å². The molecule has 2 aliphatic rings. The Bertz CT molecular complexity index is 909. The maximum atomic E-state index is 12.8. The number of ether oxygens (including phenoxy) is 1. The number of carbonyl (C=O) groups is 1. The second-order valence-electron chi connectivity index (χ2n) is 5.98. The van der Waals surface area contributed by atoms with Gasteiger partial charge in [0.05, 0.1) is 11.3 Å². The van der Waals surface area contributed by atoms with E-state index in [9.17, 15) is 22.7 Å². The highest BCUT2D eigenvalue weighted by molar-refractivity contribution is 7.90. The molecule has 144 valence electrons. The van der Waals surface area contributed by atoms with Gasteiger partial charge in [-0.1, -0.05) is 0 Å². The zero-order chi connectivity index (χ0) is 19.4. The van der Waals surface area contributed by atoms with Crippen LogP contribution in [0.3, 0.4) is 0 Å². The molecule has 0 spiro atoms. The lowest BCUT2D eigenvalue weighted by Gasteiger charge is -2.27. The molecule has 0 aliphatic carbocycles. The number of nitrogens with one attached hydrogen (secondary N) is 1. The number of carbonyl (C=O) groups excluding carboxylic acids is 1. The number of halogens is 1. The number of benzene rings is 1. The normalized spacial score (nSPS) is 18.8. The molecule has 0 unspecified atom stereocenters. The van der Waals surface area contributed by atoms with E-state index in [0.717, 1.165) is 0 Å². The molecular formula is C17H18FN3O5S. The van der Waals surface area contributed by atoms with Crippen LogP contribution in [0.4, 0.5) is 4.39 Å². The summed E-state index contributed by atoms with van der Waals surface area (Å²) in [4.78, 5) is 13.8. The molecule has 0 saturated carbocycles. The van der Waals surface area contributed by atoms with Crippen molar-refractivity contribution in [1.82, 2.24) is 10.2 Å². The largest absolute Gasteiger partial charge is 0.491 e. The zero-order valence-corrected chi connectivity index (χ0v) is 15.0. The van der Waals surface area contributed by atoms with E-state index in [2.05, 4.69) is 9.71 Å². The third-order valence-corrected chi connectivity index (χ3v) is 5.00. The van der Waals surface area contributed by atoms with Gasteiger partial charge < -0.3 is 20.1 Å². The summed E-state index contributed by atoms with van der Waals surface area (Å²) in [7, 11) is -3.45. The number of aliphatic hydroxyl groups excluding tert-OH is 1. The maximum absolute atomic E-state index is 12.8. The van der Waals surface area contributed by atoms with E-state index in [4.69, 9.17) is 4.74 Å². The average Bonchev–Trinajstić information content (AvgIpc) is 2.64. The van der Waals surface area contributed by atoms with Gasteiger partial charge in [0.25, 0.3) is 15.9 Å². The van der Waals surface area contributed by atoms with Crippen LogP contribution in [-0.2, 0) is 14.8 Å². The Labute approximate surface area is 155 Å². The molecule has 3 rings (SSSR count). The van der Waals surface area contributed by atoms with Crippen molar-refractivity contribution < 1.29 is 27.4 Å². The van der Waals surface area contributed by atoms with Crippen LogP contribution in [0, 0.1) is 5.82 Å². The minimum Gasteiger partial charge on any atom is -0.491 e. The molecule has 0 aromatic heterocycles. The third kappa shape index (κ3) is 5.14. The van der Waals surface area contributed by atoms with Crippen LogP contribution in [0.5, 0.6) is 5.75 Å². The van der Waals surface area contributed by atoms with Gasteiger partial charge in [-0.15, -0.1) is 4.40 Å². The van der Waals surface area contributed by atoms with Crippen LogP contribution in [0.2, 0.25) is 0 Å². The first-order chi connectivity index (χ1) is 12.8. The highest BCUT2D eigenvalue weighted by atomic mass is 32.2. The molecule has 0 radical (unpaired) electrons. The Hall–Kier alpha value is -2.72. The predicted octanol–water partition coefficient (Wildman–Crippen LogP) is 0.179. The lowest BCUT2D eigenvalue weighted by molar-refractivity contribution is -0.117. The van der Waals surface area contributed by atoms with Crippen molar-refractivity contribution in [3.63, 3.8) is 0 Å². The topological polar surface area (TPSA) is 108 Å². The van der Waals surface area contributed by atoms with E-state index in [-0.39, 0.29) is 37.1 Å². The number of hydrogen-bond acceptors (Lipinski definition) is 6. The molecule has 2 heterocycles. The van der Waals surface area contributed by atoms with Gasteiger partial charge in [-0.05, 0) is 36.4 Å². The SMILES string of the molecule is O=C(NC[C@H](O)COc1ccc(F)cc1)C1=CN2CCS(=O)(=O)N=C2C=C1. The van der Waals surface area contributed by atoms with Crippen molar-refractivity contribution in [2.45, 2.75) is 6.10 Å². The van der Waals surface area contributed by atoms with Gasteiger partial charge >= 0.3 is 0 Å². The van der Waals surface area contributed by atoms with Gasteiger partial charge in [-0.25, -0.2) is 12.8 Å². The Morgan fingerprint density at radius 1 is 1.33 bits per heavy atom. The molecule has 1 aromatic rings. The number of rotatable bonds is 6. The quantitative estimate of drug-likeness (QED) is 0.711. The maximum Gasteiger partial charge on any atom is 0.256 e. The number of fused-ring (bicyclic) bond motifs is 1. The number of amidine groups is 1. The predicted molar refractivity (Wildman–Crippen MR) is 96.1 cm³/mol. The molecule has 0 saturated heterocycles. The van der Waals surface area contributed by atoms with Crippen molar-refractivity contribution in [1.29, 1.82) is 0 Å². The summed E-state index contributed by atoms with van der Waals surface area (Å²) in [6.45, 7) is 0.110. The molecule has 0 fully saturated rings. The summed E-state index contributed by atoms with van der Waals surface area (Å²) >= 11 is 0. The number of sulfonamides is 1. The summed E-state index contributed by atoms with van der Waals surface area (Å²) < 4.78 is 44.7. The first kappa shape index (κ1) is 19.1. The standard InChI is InChI=1S/C17H18FN3O5S/c18-13-2-4-15(5-3-13)26-11-14(22)9-19-17(23)12-1-6-16-20-27(24,25)8-7-21(16)10-12/h1-6,10,14,22H,7-9,11H2,(H,19,23)/t14-/m0/s1. The van der Waals surface area contributed by atoms with Gasteiger partial charge in [0.15, 0.2) is 0 Å². The van der Waals surface area contributed by atoms with Crippen LogP contribution in [0.15, 0.2) is 52.6 Å². The fraction of sp³-hybridized carbons (Fsp3) is 0.294. The Morgan fingerprint density at radius 3 is 2.81 bits per heavy atom. The lowest BCUT2D eigenvalue weighted by atomic mass is 10.1. The van der Waals surface area contributed by atoms with Crippen molar-refractivity contribution in [2.75, 3.05) is 25.4 Å². The smallest absolute Gasteiger partial charge is 0.256 e. The number of hydrogen-bond donors (Lipinski definition) is 2. The van der Waals surface area contributed by atoms with Crippen molar-refractivity contribution >= 4 is 21.8 Å². The molecule has 0 bridgehead atoms. The highest BCUT2D eigenvalue weighted by Crippen LogP contribution is 2.16. The second-order valence-corrected chi connectivity index (χ2v) is 7.73. The first-order valence-corrected chi connectivity index (χ1v) is 9.77. The van der Waals surface area contributed by atoms with Crippen LogP contribution >= 0.6 is 0 Å². The Balaban J connectivity index is 1.49. The van der Waals surface area contributed by atoms with E-state index in [1.807, 2.05) is 0 Å².